The number of ether oxygens (including phenoxy) is 2. The highest BCUT2D eigenvalue weighted by Crippen LogP contribution is 2.16. The summed E-state index contributed by atoms with van der Waals surface area (Å²) in [5, 5.41) is 0. The van der Waals surface area contributed by atoms with Gasteiger partial charge in [-0.3, -0.25) is 0 Å². The van der Waals surface area contributed by atoms with E-state index in [9.17, 15) is 0 Å². The van der Waals surface area contributed by atoms with Crippen molar-refractivity contribution >= 4 is 0 Å². The quantitative estimate of drug-likeness (QED) is 0.528. The first-order valence-electron chi connectivity index (χ1n) is 2.76. The molecule has 1 fully saturated rings. The van der Waals surface area contributed by atoms with Gasteiger partial charge in [0.15, 0.2) is 12.6 Å². The predicted octanol–water partition coefficient (Wildman–Crippen LogP) is 0.0525. The van der Waals surface area contributed by atoms with Crippen LogP contribution in [0.15, 0.2) is 0 Å². The van der Waals surface area contributed by atoms with E-state index in [4.69, 9.17) is 15.2 Å². The van der Waals surface area contributed by atoms with Crippen molar-refractivity contribution in [3.63, 3.8) is 0 Å². The molecule has 2 N–H and O–H groups in total. The Hall–Kier alpha value is -0.120. The summed E-state index contributed by atoms with van der Waals surface area (Å²) in [7, 11) is 0. The van der Waals surface area contributed by atoms with Gasteiger partial charge < -0.3 is 15.2 Å². The van der Waals surface area contributed by atoms with Crippen molar-refractivity contribution in [1.29, 1.82) is 0 Å². The minimum Gasteiger partial charge on any atom is -0.324 e. The van der Waals surface area contributed by atoms with Crippen LogP contribution in [0.1, 0.15) is 13.8 Å². The Morgan fingerprint density at radius 1 is 1.50 bits per heavy atom. The Morgan fingerprint density at radius 3 is 2.12 bits per heavy atom. The molecular formula is C5H11NO2. The van der Waals surface area contributed by atoms with Crippen LogP contribution >= 0.6 is 0 Å². The van der Waals surface area contributed by atoms with Crippen molar-refractivity contribution in [3.05, 3.63) is 0 Å². The van der Waals surface area contributed by atoms with Crippen molar-refractivity contribution in [2.24, 2.45) is 5.73 Å². The molecule has 8 heavy (non-hydrogen) atoms. The van der Waals surface area contributed by atoms with Gasteiger partial charge in [0, 0.05) is 0 Å². The molecule has 0 aliphatic carbocycles. The third-order valence-corrected chi connectivity index (χ3v) is 1.08. The first-order valence-corrected chi connectivity index (χ1v) is 2.76. The van der Waals surface area contributed by atoms with Crippen LogP contribution in [0.5, 0.6) is 0 Å². The highest BCUT2D eigenvalue weighted by Gasteiger charge is 2.29. The normalized spacial score (nSPS) is 40.9. The third kappa shape index (κ3) is 0.992. The maximum atomic E-state index is 5.41. The second-order valence-corrected chi connectivity index (χ2v) is 2.07. The minimum atomic E-state index is -0.162. The van der Waals surface area contributed by atoms with Crippen molar-refractivity contribution in [2.45, 2.75) is 32.5 Å². The van der Waals surface area contributed by atoms with E-state index in [1.807, 2.05) is 13.8 Å². The molecule has 1 heterocycles. The van der Waals surface area contributed by atoms with Gasteiger partial charge in [0.1, 0.15) is 0 Å². The summed E-state index contributed by atoms with van der Waals surface area (Å²) in [6.07, 6.45) is -0.212. The molecule has 1 atom stereocenters. The summed E-state index contributed by atoms with van der Waals surface area (Å²) >= 11 is 0. The second-order valence-electron chi connectivity index (χ2n) is 2.07. The Balaban J connectivity index is 2.15. The zero-order valence-corrected chi connectivity index (χ0v) is 5.13. The number of nitrogens with two attached hydrogens (primary N) is 1. The molecule has 1 unspecified atom stereocenters. The zero-order valence-electron chi connectivity index (χ0n) is 5.13. The van der Waals surface area contributed by atoms with E-state index in [2.05, 4.69) is 0 Å². The Morgan fingerprint density at radius 2 is 2.00 bits per heavy atom. The first-order chi connectivity index (χ1) is 3.70. The van der Waals surface area contributed by atoms with E-state index in [-0.39, 0.29) is 18.6 Å². The lowest BCUT2D eigenvalue weighted by molar-refractivity contribution is -0.380. The second kappa shape index (κ2) is 2.01. The molecule has 0 aromatic carbocycles. The molecule has 0 radical (unpaired) electrons. The number of hydrogen-bond acceptors (Lipinski definition) is 3. The summed E-state index contributed by atoms with van der Waals surface area (Å²) in [4.78, 5) is 0. The smallest absolute Gasteiger partial charge is 0.178 e. The van der Waals surface area contributed by atoms with Crippen molar-refractivity contribution in [2.75, 3.05) is 0 Å². The molecular weight excluding hydrogens is 106 g/mol. The average Bonchev–Trinajstić information content (AvgIpc) is 1.57. The highest BCUT2D eigenvalue weighted by molar-refractivity contribution is 4.64. The monoisotopic (exact) mass is 117 g/mol. The summed E-state index contributed by atoms with van der Waals surface area (Å²) in [6.45, 7) is 3.70. The summed E-state index contributed by atoms with van der Waals surface area (Å²) < 4.78 is 10.1. The maximum absolute atomic E-state index is 5.41. The van der Waals surface area contributed by atoms with Gasteiger partial charge in [-0.15, -0.1) is 0 Å². The molecule has 3 nitrogen and oxygen atoms in total. The third-order valence-electron chi connectivity index (χ3n) is 1.08. The van der Waals surface area contributed by atoms with Crippen LogP contribution in [-0.4, -0.2) is 18.6 Å². The molecule has 1 aliphatic heterocycles. The molecule has 1 saturated heterocycles. The molecule has 0 aromatic heterocycles. The van der Waals surface area contributed by atoms with Crippen molar-refractivity contribution in [3.8, 4) is 0 Å². The zero-order chi connectivity index (χ0) is 6.15. The van der Waals surface area contributed by atoms with Crippen LogP contribution < -0.4 is 5.73 Å². The minimum absolute atomic E-state index is 0.00815. The van der Waals surface area contributed by atoms with Gasteiger partial charge in [0.25, 0.3) is 0 Å². The molecule has 0 saturated carbocycles. The molecule has 3 heteroatoms. The van der Waals surface area contributed by atoms with Crippen LogP contribution in [0, 0.1) is 0 Å². The average molecular weight is 117 g/mol. The lowest BCUT2D eigenvalue weighted by Crippen LogP contribution is -2.49. The van der Waals surface area contributed by atoms with Crippen LogP contribution in [-0.2, 0) is 9.47 Å². The van der Waals surface area contributed by atoms with E-state index >= 15 is 0 Å². The number of hydrogen-bond donors (Lipinski definition) is 1. The summed E-state index contributed by atoms with van der Waals surface area (Å²) in [5.41, 5.74) is 5.41. The standard InChI is InChI=1S/C5H11NO2/c1-3(6)5-7-4(2)8-5/h3-5H,6H2,1-2H3. The predicted molar refractivity (Wildman–Crippen MR) is 29.1 cm³/mol. The Labute approximate surface area is 48.8 Å². The fourth-order valence-electron chi connectivity index (χ4n) is 0.636. The number of rotatable bonds is 1. The highest BCUT2D eigenvalue weighted by atomic mass is 16.9. The van der Waals surface area contributed by atoms with E-state index < -0.39 is 0 Å². The largest absolute Gasteiger partial charge is 0.324 e. The van der Waals surface area contributed by atoms with E-state index in [0.717, 1.165) is 0 Å². The summed E-state index contributed by atoms with van der Waals surface area (Å²) in [6, 6.07) is -0.00815. The Bertz CT molecular complexity index is 78.5. The SMILES string of the molecule is CC1OC(C(C)N)O1. The van der Waals surface area contributed by atoms with Crippen LogP contribution in [0.25, 0.3) is 0 Å². The molecule has 0 spiro atoms. The lowest BCUT2D eigenvalue weighted by Gasteiger charge is -2.35. The van der Waals surface area contributed by atoms with E-state index in [1.165, 1.54) is 0 Å². The van der Waals surface area contributed by atoms with Gasteiger partial charge in [-0.1, -0.05) is 0 Å². The molecule has 1 rings (SSSR count). The first kappa shape index (κ1) is 6.01. The molecule has 1 aliphatic rings. The van der Waals surface area contributed by atoms with Crippen molar-refractivity contribution < 1.29 is 9.47 Å². The van der Waals surface area contributed by atoms with Gasteiger partial charge in [0.2, 0.25) is 0 Å². The molecule has 0 aromatic rings. The van der Waals surface area contributed by atoms with Gasteiger partial charge in [0.05, 0.1) is 6.04 Å². The van der Waals surface area contributed by atoms with E-state index in [0.29, 0.717) is 0 Å². The summed E-state index contributed by atoms with van der Waals surface area (Å²) in [5.74, 6) is 0. The fourth-order valence-corrected chi connectivity index (χ4v) is 0.636. The molecule has 0 bridgehead atoms. The topological polar surface area (TPSA) is 44.5 Å². The van der Waals surface area contributed by atoms with Crippen LogP contribution in [0.2, 0.25) is 0 Å². The lowest BCUT2D eigenvalue weighted by atomic mass is 10.3. The van der Waals surface area contributed by atoms with Crippen LogP contribution in [0.3, 0.4) is 0 Å². The molecule has 0 amide bonds. The van der Waals surface area contributed by atoms with Gasteiger partial charge in [-0.05, 0) is 13.8 Å². The van der Waals surface area contributed by atoms with Crippen molar-refractivity contribution in [1.82, 2.24) is 0 Å². The van der Waals surface area contributed by atoms with Gasteiger partial charge in [-0.25, -0.2) is 0 Å². The van der Waals surface area contributed by atoms with Gasteiger partial charge in [-0.2, -0.15) is 0 Å². The molecule has 48 valence electrons. The van der Waals surface area contributed by atoms with E-state index in [1.54, 1.807) is 0 Å². The fraction of sp³-hybridized carbons (Fsp3) is 1.00. The van der Waals surface area contributed by atoms with Crippen LogP contribution in [0.4, 0.5) is 0 Å². The van der Waals surface area contributed by atoms with Gasteiger partial charge >= 0.3 is 0 Å². The maximum Gasteiger partial charge on any atom is 0.178 e. The Kier molecular flexibility index (Phi) is 1.51.